The molecule has 1 fully saturated rings. The van der Waals surface area contributed by atoms with Crippen molar-refractivity contribution in [3.8, 4) is 0 Å². The summed E-state index contributed by atoms with van der Waals surface area (Å²) in [5.74, 6) is 0.468. The first-order valence-corrected chi connectivity index (χ1v) is 3.38. The largest absolute Gasteiger partial charge is 0.357 e. The predicted octanol–water partition coefficient (Wildman–Crippen LogP) is 0.972. The fraction of sp³-hybridized carbons (Fsp3) is 0.833. The molecule has 2 nitrogen and oxygen atoms in total. The molecule has 1 aliphatic heterocycles. The van der Waals surface area contributed by atoms with Gasteiger partial charge >= 0.3 is 0 Å². The highest BCUT2D eigenvalue weighted by atomic mass is 35.5. The molecule has 0 amide bonds. The van der Waals surface area contributed by atoms with Gasteiger partial charge in [-0.1, -0.05) is 0 Å². The van der Waals surface area contributed by atoms with Gasteiger partial charge in [-0.3, -0.25) is 4.79 Å². The first kappa shape index (κ1) is 7.03. The minimum atomic E-state index is -0.354. The molecular formula is C6H9ClO2. The number of alkyl halides is 1. The molecule has 0 aliphatic carbocycles. The maximum Gasteiger partial charge on any atom is 0.161 e. The summed E-state index contributed by atoms with van der Waals surface area (Å²) in [6, 6.07) is 0. The molecule has 0 bridgehead atoms. The normalized spacial score (nSPS) is 40.6. The Morgan fingerprint density at radius 1 is 1.89 bits per heavy atom. The van der Waals surface area contributed by atoms with Crippen molar-refractivity contribution in [2.24, 2.45) is 0 Å². The Morgan fingerprint density at radius 2 is 2.44 bits per heavy atom. The van der Waals surface area contributed by atoms with Crippen LogP contribution in [-0.2, 0) is 9.53 Å². The number of Topliss-reactive ketones (excluding diaryl/α,β-unsaturated/α-hetero) is 1. The third kappa shape index (κ3) is 1.10. The van der Waals surface area contributed by atoms with Crippen molar-refractivity contribution in [1.82, 2.24) is 0 Å². The summed E-state index contributed by atoms with van der Waals surface area (Å²) in [6.45, 7) is 3.36. The second-order valence-corrected chi connectivity index (χ2v) is 2.82. The first-order chi connectivity index (χ1) is 4.10. The van der Waals surface area contributed by atoms with Crippen LogP contribution in [0.2, 0.25) is 0 Å². The molecule has 2 atom stereocenters. The van der Waals surface area contributed by atoms with Crippen molar-refractivity contribution in [2.75, 3.05) is 5.88 Å². The average molecular weight is 149 g/mol. The van der Waals surface area contributed by atoms with Crippen molar-refractivity contribution >= 4 is 17.4 Å². The lowest BCUT2D eigenvalue weighted by Crippen LogP contribution is -2.16. The van der Waals surface area contributed by atoms with Crippen LogP contribution in [-0.4, -0.2) is 23.4 Å². The van der Waals surface area contributed by atoms with Gasteiger partial charge in [0.1, 0.15) is 11.7 Å². The van der Waals surface area contributed by atoms with E-state index in [1.54, 1.807) is 0 Å². The van der Waals surface area contributed by atoms with Gasteiger partial charge in [0.25, 0.3) is 0 Å². The smallest absolute Gasteiger partial charge is 0.161 e. The molecule has 0 spiro atoms. The van der Waals surface area contributed by atoms with Gasteiger partial charge in [-0.25, -0.2) is 0 Å². The summed E-state index contributed by atoms with van der Waals surface area (Å²) < 4.78 is 5.03. The van der Waals surface area contributed by atoms with Gasteiger partial charge in [-0.15, -0.1) is 11.6 Å². The molecule has 2 unspecified atom stereocenters. The van der Waals surface area contributed by atoms with E-state index in [4.69, 9.17) is 16.3 Å². The number of rotatable bonds is 2. The summed E-state index contributed by atoms with van der Waals surface area (Å²) in [5, 5.41) is 0. The van der Waals surface area contributed by atoms with E-state index in [9.17, 15) is 4.79 Å². The molecule has 0 saturated carbocycles. The Hall–Kier alpha value is -0.0800. The number of ether oxygens (including phenoxy) is 1. The van der Waals surface area contributed by atoms with E-state index in [-0.39, 0.29) is 17.5 Å². The second-order valence-electron chi connectivity index (χ2n) is 2.55. The highest BCUT2D eigenvalue weighted by Gasteiger charge is 2.54. The fourth-order valence-electron chi connectivity index (χ4n) is 0.850. The van der Waals surface area contributed by atoms with Gasteiger partial charge in [-0.05, 0) is 13.8 Å². The fourth-order valence-corrected chi connectivity index (χ4v) is 1.05. The molecule has 0 N–H and O–H groups in total. The Morgan fingerprint density at radius 3 is 2.56 bits per heavy atom. The van der Waals surface area contributed by atoms with Crippen molar-refractivity contribution < 1.29 is 9.53 Å². The molecule has 0 radical (unpaired) electrons. The molecule has 0 aromatic rings. The summed E-state index contributed by atoms with van der Waals surface area (Å²) in [4.78, 5) is 10.6. The molecule has 0 aromatic carbocycles. The number of ketones is 1. The Balaban J connectivity index is 2.48. The van der Waals surface area contributed by atoms with Crippen molar-refractivity contribution in [3.63, 3.8) is 0 Å². The Labute approximate surface area is 59.1 Å². The minimum Gasteiger partial charge on any atom is -0.357 e. The zero-order valence-electron chi connectivity index (χ0n) is 5.48. The quantitative estimate of drug-likeness (QED) is 0.432. The van der Waals surface area contributed by atoms with Crippen LogP contribution in [0.15, 0.2) is 0 Å². The van der Waals surface area contributed by atoms with E-state index in [0.29, 0.717) is 5.88 Å². The first-order valence-electron chi connectivity index (χ1n) is 2.84. The number of hydrogen-bond donors (Lipinski definition) is 0. The van der Waals surface area contributed by atoms with Crippen LogP contribution in [0, 0.1) is 0 Å². The number of carbonyl (C=O) groups excluding carboxylic acids is 1. The highest BCUT2D eigenvalue weighted by molar-refractivity contribution is 6.19. The molecule has 1 rings (SSSR count). The standard InChI is InChI=1S/C6H9ClO2/c1-4(8)5-6(2,3-7)9-5/h5H,3H2,1-2H3. The third-order valence-electron chi connectivity index (χ3n) is 1.52. The van der Waals surface area contributed by atoms with Gasteiger partial charge < -0.3 is 4.74 Å². The van der Waals surface area contributed by atoms with E-state index in [0.717, 1.165) is 0 Å². The van der Waals surface area contributed by atoms with E-state index in [2.05, 4.69) is 0 Å². The van der Waals surface area contributed by atoms with E-state index in [1.807, 2.05) is 6.92 Å². The number of epoxide rings is 1. The SMILES string of the molecule is CC(=O)C1OC1(C)CCl. The van der Waals surface area contributed by atoms with Gasteiger partial charge in [0.15, 0.2) is 5.78 Å². The Kier molecular flexibility index (Phi) is 1.53. The lowest BCUT2D eigenvalue weighted by molar-refractivity contribution is -0.118. The zero-order chi connectivity index (χ0) is 7.07. The third-order valence-corrected chi connectivity index (χ3v) is 2.05. The molecule has 0 aromatic heterocycles. The maximum atomic E-state index is 10.6. The van der Waals surface area contributed by atoms with Crippen molar-refractivity contribution in [3.05, 3.63) is 0 Å². The summed E-state index contributed by atoms with van der Waals surface area (Å²) >= 11 is 5.50. The molecule has 3 heteroatoms. The second kappa shape index (κ2) is 1.96. The van der Waals surface area contributed by atoms with Crippen LogP contribution in [0.1, 0.15) is 13.8 Å². The Bertz CT molecular complexity index is 146. The monoisotopic (exact) mass is 148 g/mol. The minimum absolute atomic E-state index is 0.0677. The maximum absolute atomic E-state index is 10.6. The highest BCUT2D eigenvalue weighted by Crippen LogP contribution is 2.37. The van der Waals surface area contributed by atoms with E-state index in [1.165, 1.54) is 6.92 Å². The molecule has 9 heavy (non-hydrogen) atoms. The number of hydrogen-bond acceptors (Lipinski definition) is 2. The topological polar surface area (TPSA) is 29.6 Å². The van der Waals surface area contributed by atoms with Crippen LogP contribution in [0.3, 0.4) is 0 Å². The molecule has 52 valence electrons. The molecule has 1 aliphatic rings. The molecular weight excluding hydrogens is 140 g/mol. The van der Waals surface area contributed by atoms with Gasteiger partial charge in [0.05, 0.1) is 5.88 Å². The average Bonchev–Trinajstić information content (AvgIpc) is 2.44. The van der Waals surface area contributed by atoms with Crippen LogP contribution in [0.4, 0.5) is 0 Å². The van der Waals surface area contributed by atoms with Gasteiger partial charge in [-0.2, -0.15) is 0 Å². The molecule has 1 heterocycles. The van der Waals surface area contributed by atoms with Gasteiger partial charge in [0.2, 0.25) is 0 Å². The van der Waals surface area contributed by atoms with Crippen LogP contribution >= 0.6 is 11.6 Å². The molecule has 1 saturated heterocycles. The lowest BCUT2D eigenvalue weighted by Gasteiger charge is -1.94. The van der Waals surface area contributed by atoms with E-state index < -0.39 is 0 Å². The zero-order valence-corrected chi connectivity index (χ0v) is 6.23. The van der Waals surface area contributed by atoms with E-state index >= 15 is 0 Å². The number of halogens is 1. The van der Waals surface area contributed by atoms with Crippen molar-refractivity contribution in [1.29, 1.82) is 0 Å². The number of carbonyl (C=O) groups is 1. The van der Waals surface area contributed by atoms with Crippen LogP contribution in [0.25, 0.3) is 0 Å². The summed E-state index contributed by atoms with van der Waals surface area (Å²) in [5.41, 5.74) is -0.354. The van der Waals surface area contributed by atoms with Crippen LogP contribution in [0.5, 0.6) is 0 Å². The lowest BCUT2D eigenvalue weighted by atomic mass is 10.1. The summed E-state index contributed by atoms with van der Waals surface area (Å²) in [7, 11) is 0. The summed E-state index contributed by atoms with van der Waals surface area (Å²) in [6.07, 6.45) is -0.241. The predicted molar refractivity (Wildman–Crippen MR) is 34.7 cm³/mol. The van der Waals surface area contributed by atoms with Crippen LogP contribution < -0.4 is 0 Å². The van der Waals surface area contributed by atoms with Gasteiger partial charge in [0, 0.05) is 0 Å². The van der Waals surface area contributed by atoms with Crippen molar-refractivity contribution in [2.45, 2.75) is 25.6 Å².